The molecule has 0 spiro atoms. The first-order chi connectivity index (χ1) is 6.29. The van der Waals surface area contributed by atoms with E-state index in [-0.39, 0.29) is 0 Å². The van der Waals surface area contributed by atoms with Crippen molar-refractivity contribution in [3.05, 3.63) is 6.92 Å². The number of hydrogen-bond acceptors (Lipinski definition) is 1. The lowest BCUT2D eigenvalue weighted by molar-refractivity contribution is 0.197. The van der Waals surface area contributed by atoms with Gasteiger partial charge in [-0.2, -0.15) is 0 Å². The molecule has 79 valence electrons. The van der Waals surface area contributed by atoms with Crippen LogP contribution in [0.2, 0.25) is 0 Å². The summed E-state index contributed by atoms with van der Waals surface area (Å²) in [6.07, 6.45) is 6.37. The zero-order chi connectivity index (χ0) is 10.1. The van der Waals surface area contributed by atoms with Gasteiger partial charge in [0.1, 0.15) is 0 Å². The fraction of sp³-hybridized carbons (Fsp3) is 0.917. The first-order valence-electron chi connectivity index (χ1n) is 5.83. The molecule has 0 rings (SSSR count). The van der Waals surface area contributed by atoms with Gasteiger partial charge in [-0.25, -0.2) is 0 Å². The third-order valence-electron chi connectivity index (χ3n) is 2.84. The second kappa shape index (κ2) is 8.55. The predicted octanol–water partition coefficient (Wildman–Crippen LogP) is 3.50. The SMILES string of the molecule is [CH2]CCCCC(CC)N(CC)CC. The largest absolute Gasteiger partial charge is 0.301 e. The summed E-state index contributed by atoms with van der Waals surface area (Å²) in [7, 11) is 0. The molecule has 1 nitrogen and oxygen atoms in total. The van der Waals surface area contributed by atoms with E-state index in [1.807, 2.05) is 0 Å². The Morgan fingerprint density at radius 2 is 1.69 bits per heavy atom. The topological polar surface area (TPSA) is 3.24 Å². The highest BCUT2D eigenvalue weighted by Gasteiger charge is 2.11. The van der Waals surface area contributed by atoms with Crippen molar-refractivity contribution in [2.24, 2.45) is 0 Å². The summed E-state index contributed by atoms with van der Waals surface area (Å²) in [6.45, 7) is 13.1. The van der Waals surface area contributed by atoms with Gasteiger partial charge in [0.2, 0.25) is 0 Å². The summed E-state index contributed by atoms with van der Waals surface area (Å²) in [5.41, 5.74) is 0. The Hall–Kier alpha value is -0.0400. The summed E-state index contributed by atoms with van der Waals surface area (Å²) in [5.74, 6) is 0. The number of unbranched alkanes of at least 4 members (excludes halogenated alkanes) is 2. The highest BCUT2D eigenvalue weighted by molar-refractivity contribution is 4.68. The third kappa shape index (κ3) is 5.30. The lowest BCUT2D eigenvalue weighted by Crippen LogP contribution is -2.34. The number of nitrogens with zero attached hydrogens (tertiary/aromatic N) is 1. The second-order valence-electron chi connectivity index (χ2n) is 3.63. The molecule has 0 aliphatic rings. The van der Waals surface area contributed by atoms with Crippen molar-refractivity contribution in [2.45, 2.75) is 58.9 Å². The van der Waals surface area contributed by atoms with Gasteiger partial charge in [-0.1, -0.05) is 47.0 Å². The van der Waals surface area contributed by atoms with Crippen molar-refractivity contribution in [3.8, 4) is 0 Å². The highest BCUT2D eigenvalue weighted by atomic mass is 15.1. The van der Waals surface area contributed by atoms with Gasteiger partial charge in [0.15, 0.2) is 0 Å². The summed E-state index contributed by atoms with van der Waals surface area (Å²) in [4.78, 5) is 2.57. The van der Waals surface area contributed by atoms with Crippen molar-refractivity contribution in [3.63, 3.8) is 0 Å². The quantitative estimate of drug-likeness (QED) is 0.522. The normalized spacial score (nSPS) is 13.6. The summed E-state index contributed by atoms with van der Waals surface area (Å²) < 4.78 is 0. The van der Waals surface area contributed by atoms with Gasteiger partial charge in [0.25, 0.3) is 0 Å². The molecular weight excluding hydrogens is 158 g/mol. The van der Waals surface area contributed by atoms with Gasteiger partial charge in [-0.15, -0.1) is 0 Å². The molecule has 0 aliphatic carbocycles. The summed E-state index contributed by atoms with van der Waals surface area (Å²) >= 11 is 0. The molecule has 0 aliphatic heterocycles. The summed E-state index contributed by atoms with van der Waals surface area (Å²) in [6, 6.07) is 0.807. The molecule has 0 saturated heterocycles. The van der Waals surface area contributed by atoms with Crippen LogP contribution in [0.1, 0.15) is 52.9 Å². The maximum Gasteiger partial charge on any atom is 0.00924 e. The van der Waals surface area contributed by atoms with Crippen LogP contribution in [-0.4, -0.2) is 24.0 Å². The van der Waals surface area contributed by atoms with Crippen LogP contribution in [0, 0.1) is 6.92 Å². The van der Waals surface area contributed by atoms with Gasteiger partial charge in [0, 0.05) is 6.04 Å². The minimum absolute atomic E-state index is 0.807. The highest BCUT2D eigenvalue weighted by Crippen LogP contribution is 2.12. The van der Waals surface area contributed by atoms with Gasteiger partial charge >= 0.3 is 0 Å². The Morgan fingerprint density at radius 1 is 1.08 bits per heavy atom. The van der Waals surface area contributed by atoms with Gasteiger partial charge in [-0.3, -0.25) is 0 Å². The minimum atomic E-state index is 0.807. The Kier molecular flexibility index (Phi) is 8.53. The van der Waals surface area contributed by atoms with Crippen LogP contribution in [0.3, 0.4) is 0 Å². The zero-order valence-corrected chi connectivity index (χ0v) is 9.68. The number of hydrogen-bond donors (Lipinski definition) is 0. The van der Waals surface area contributed by atoms with Crippen molar-refractivity contribution >= 4 is 0 Å². The van der Waals surface area contributed by atoms with E-state index in [9.17, 15) is 0 Å². The van der Waals surface area contributed by atoms with Gasteiger partial charge in [0.05, 0.1) is 0 Å². The number of rotatable bonds is 8. The van der Waals surface area contributed by atoms with Crippen molar-refractivity contribution in [1.82, 2.24) is 4.90 Å². The fourth-order valence-corrected chi connectivity index (χ4v) is 1.94. The minimum Gasteiger partial charge on any atom is -0.301 e. The van der Waals surface area contributed by atoms with Crippen LogP contribution in [0.5, 0.6) is 0 Å². The van der Waals surface area contributed by atoms with Crippen LogP contribution < -0.4 is 0 Å². The lowest BCUT2D eigenvalue weighted by atomic mass is 10.0. The molecule has 13 heavy (non-hydrogen) atoms. The second-order valence-corrected chi connectivity index (χ2v) is 3.63. The van der Waals surface area contributed by atoms with E-state index >= 15 is 0 Å². The Bertz CT molecular complexity index is 97.3. The predicted molar refractivity (Wildman–Crippen MR) is 60.8 cm³/mol. The van der Waals surface area contributed by atoms with E-state index in [0.29, 0.717) is 0 Å². The zero-order valence-electron chi connectivity index (χ0n) is 9.68. The molecule has 1 radical (unpaired) electrons. The van der Waals surface area contributed by atoms with Gasteiger partial charge in [-0.05, 0) is 25.9 Å². The van der Waals surface area contributed by atoms with E-state index in [1.54, 1.807) is 0 Å². The van der Waals surface area contributed by atoms with Gasteiger partial charge < -0.3 is 4.90 Å². The monoisotopic (exact) mass is 184 g/mol. The van der Waals surface area contributed by atoms with Crippen LogP contribution >= 0.6 is 0 Å². The molecular formula is C12H26N. The van der Waals surface area contributed by atoms with Crippen LogP contribution in [-0.2, 0) is 0 Å². The van der Waals surface area contributed by atoms with E-state index in [4.69, 9.17) is 0 Å². The van der Waals surface area contributed by atoms with E-state index in [2.05, 4.69) is 32.6 Å². The molecule has 1 atom stereocenters. The Morgan fingerprint density at radius 3 is 2.08 bits per heavy atom. The van der Waals surface area contributed by atoms with E-state index in [0.717, 1.165) is 12.5 Å². The van der Waals surface area contributed by atoms with Crippen LogP contribution in [0.15, 0.2) is 0 Å². The molecule has 0 heterocycles. The Balaban J connectivity index is 3.71. The van der Waals surface area contributed by atoms with Crippen LogP contribution in [0.4, 0.5) is 0 Å². The molecule has 0 aromatic carbocycles. The van der Waals surface area contributed by atoms with Crippen molar-refractivity contribution in [1.29, 1.82) is 0 Å². The average molecular weight is 184 g/mol. The molecule has 0 aromatic rings. The first kappa shape index (κ1) is 13.0. The molecule has 1 unspecified atom stereocenters. The van der Waals surface area contributed by atoms with E-state index in [1.165, 1.54) is 38.8 Å². The average Bonchev–Trinajstić information content (AvgIpc) is 2.17. The molecule has 0 fully saturated rings. The lowest BCUT2D eigenvalue weighted by Gasteiger charge is -2.28. The molecule has 0 saturated carbocycles. The van der Waals surface area contributed by atoms with Crippen molar-refractivity contribution < 1.29 is 0 Å². The molecule has 1 heteroatoms. The third-order valence-corrected chi connectivity index (χ3v) is 2.84. The first-order valence-corrected chi connectivity index (χ1v) is 5.83. The fourth-order valence-electron chi connectivity index (χ4n) is 1.94. The molecule has 0 bridgehead atoms. The van der Waals surface area contributed by atoms with E-state index < -0.39 is 0 Å². The van der Waals surface area contributed by atoms with Crippen LogP contribution in [0.25, 0.3) is 0 Å². The summed E-state index contributed by atoms with van der Waals surface area (Å²) in [5, 5.41) is 0. The maximum absolute atomic E-state index is 3.88. The molecule has 0 N–H and O–H groups in total. The molecule has 0 aromatic heterocycles. The standard InChI is InChI=1S/C12H26N/c1-5-9-10-11-12(6-2)13(7-3)8-4/h12H,1,5-11H2,2-4H3. The van der Waals surface area contributed by atoms with Crippen molar-refractivity contribution in [2.75, 3.05) is 13.1 Å². The Labute approximate surface area is 84.5 Å². The molecule has 0 amide bonds. The maximum atomic E-state index is 3.88. The smallest absolute Gasteiger partial charge is 0.00924 e.